The summed E-state index contributed by atoms with van der Waals surface area (Å²) in [6, 6.07) is 16.9. The van der Waals surface area contributed by atoms with Crippen LogP contribution in [0.1, 0.15) is 36.6 Å². The van der Waals surface area contributed by atoms with Gasteiger partial charge in [0, 0.05) is 0 Å². The Labute approximate surface area is 177 Å². The van der Waals surface area contributed by atoms with Crippen molar-refractivity contribution in [2.45, 2.75) is 32.7 Å². The van der Waals surface area contributed by atoms with Crippen LogP contribution in [-0.4, -0.2) is 35.7 Å². The fraction of sp³-hybridized carbons (Fsp3) is 0.381. The molecule has 0 bridgehead atoms. The molecule has 10 heteroatoms. The van der Waals surface area contributed by atoms with Gasteiger partial charge in [-0.1, -0.05) is 62.4 Å². The monoisotopic (exact) mass is 468 g/mol. The zero-order valence-electron chi connectivity index (χ0n) is 17.4. The van der Waals surface area contributed by atoms with Crippen molar-refractivity contribution in [3.05, 3.63) is 65.2 Å². The number of nitrogens with zero attached hydrogens (tertiary/aromatic N) is 2. The first-order valence-electron chi connectivity index (χ1n) is 9.93. The minimum absolute atomic E-state index is 0.0232. The summed E-state index contributed by atoms with van der Waals surface area (Å²) < 4.78 is 61.5. The van der Waals surface area contributed by atoms with Crippen LogP contribution in [0.15, 0.2) is 48.5 Å². The first kappa shape index (κ1) is 25.1. The molecular weight excluding hydrogens is 441 g/mol. The van der Waals surface area contributed by atoms with Gasteiger partial charge in [0.05, 0.1) is 6.61 Å². The van der Waals surface area contributed by atoms with Gasteiger partial charge >= 0.3 is 33.0 Å². The number of aliphatic hydroxyl groups is 1. The number of halogens is 6. The molecule has 2 aromatic carbocycles. The molecule has 1 aliphatic heterocycles. The van der Waals surface area contributed by atoms with Gasteiger partial charge < -0.3 is 5.11 Å². The number of aryl methyl sites for hydroxylation is 2. The third-order valence-electron chi connectivity index (χ3n) is 4.90. The molecular formula is C21H27F6N2OP. The van der Waals surface area contributed by atoms with Crippen LogP contribution in [-0.2, 0) is 12.8 Å². The molecule has 0 aromatic heterocycles. The third-order valence-corrected chi connectivity index (χ3v) is 4.90. The number of hydrogen-bond acceptors (Lipinski definition) is 2. The number of hydrogen-bond donors (Lipinski definition) is 1. The number of aliphatic hydroxyl groups excluding tert-OH is 1. The van der Waals surface area contributed by atoms with Gasteiger partial charge in [-0.05, 0) is 29.5 Å². The minimum atomic E-state index is -10.7. The Kier molecular flexibility index (Phi) is 7.13. The molecule has 0 radical (unpaired) electrons. The van der Waals surface area contributed by atoms with E-state index >= 15 is 0 Å². The molecule has 0 saturated heterocycles. The zero-order valence-corrected chi connectivity index (χ0v) is 18.3. The maximum absolute atomic E-state index is 10.7. The van der Waals surface area contributed by atoms with Crippen molar-refractivity contribution in [3.63, 3.8) is 0 Å². The topological polar surface area (TPSA) is 26.5 Å². The standard InChI is InChI=1S/C21H27N2O.F6P/c1-3-17-11-8-12-18(4-2)21(17)23-14-13-22(16-23)20(15-24)19-9-6-5-7-10-19;1-7(2,3,4,5)6/h5-12,16,20,24H,3-4,13-15H2,1-2H3;/q+1;-1/t20-;/m0./s1. The Morgan fingerprint density at radius 3 is 1.87 bits per heavy atom. The van der Waals surface area contributed by atoms with E-state index in [1.54, 1.807) is 0 Å². The Hall–Kier alpha value is -2.12. The molecule has 1 N–H and O–H groups in total. The summed E-state index contributed by atoms with van der Waals surface area (Å²) in [4.78, 5) is 2.36. The van der Waals surface area contributed by atoms with Crippen molar-refractivity contribution in [2.75, 3.05) is 24.6 Å². The molecule has 31 heavy (non-hydrogen) atoms. The average molecular weight is 468 g/mol. The second kappa shape index (κ2) is 8.79. The summed E-state index contributed by atoms with van der Waals surface area (Å²) in [5.74, 6) is 0. The summed E-state index contributed by atoms with van der Waals surface area (Å²) in [5.41, 5.74) is 5.31. The Bertz CT molecular complexity index is 883. The van der Waals surface area contributed by atoms with E-state index in [1.165, 1.54) is 16.8 Å². The van der Waals surface area contributed by atoms with E-state index in [2.05, 4.69) is 60.0 Å². The summed E-state index contributed by atoms with van der Waals surface area (Å²) >= 11 is 0. The van der Waals surface area contributed by atoms with E-state index in [0.29, 0.717) is 0 Å². The fourth-order valence-corrected chi connectivity index (χ4v) is 3.58. The zero-order chi connectivity index (χ0) is 23.3. The number of anilines is 1. The van der Waals surface area contributed by atoms with Crippen LogP contribution in [0.3, 0.4) is 0 Å². The van der Waals surface area contributed by atoms with Gasteiger partial charge in [-0.3, -0.25) is 4.58 Å². The number of rotatable bonds is 6. The average Bonchev–Trinajstić information content (AvgIpc) is 3.15. The molecule has 0 spiro atoms. The molecule has 0 aliphatic carbocycles. The van der Waals surface area contributed by atoms with Crippen LogP contribution < -0.4 is 4.90 Å². The quantitative estimate of drug-likeness (QED) is 0.287. The second-order valence-corrected chi connectivity index (χ2v) is 9.16. The van der Waals surface area contributed by atoms with Crippen LogP contribution in [0.4, 0.5) is 30.9 Å². The molecule has 3 rings (SSSR count). The first-order valence-corrected chi connectivity index (χ1v) is 12.0. The molecule has 1 atom stereocenters. The molecule has 0 amide bonds. The van der Waals surface area contributed by atoms with Crippen LogP contribution in [0.25, 0.3) is 0 Å². The second-order valence-electron chi connectivity index (χ2n) is 7.25. The predicted octanol–water partition coefficient (Wildman–Crippen LogP) is 6.79. The van der Waals surface area contributed by atoms with Crippen LogP contribution in [0.5, 0.6) is 0 Å². The van der Waals surface area contributed by atoms with Crippen molar-refractivity contribution in [3.8, 4) is 0 Å². The van der Waals surface area contributed by atoms with E-state index in [0.717, 1.165) is 31.5 Å². The van der Waals surface area contributed by atoms with Crippen molar-refractivity contribution >= 4 is 19.8 Å². The molecule has 3 nitrogen and oxygen atoms in total. The van der Waals surface area contributed by atoms with E-state index in [9.17, 15) is 30.3 Å². The van der Waals surface area contributed by atoms with Gasteiger partial charge in [0.1, 0.15) is 24.8 Å². The first-order chi connectivity index (χ1) is 14.2. The van der Waals surface area contributed by atoms with Gasteiger partial charge in [-0.2, -0.15) is 0 Å². The normalized spacial score (nSPS) is 17.2. The number of benzene rings is 2. The van der Waals surface area contributed by atoms with E-state index in [1.807, 2.05) is 18.2 Å². The fourth-order valence-electron chi connectivity index (χ4n) is 3.58. The van der Waals surface area contributed by atoms with Crippen molar-refractivity contribution in [1.82, 2.24) is 0 Å². The molecule has 2 aromatic rings. The Morgan fingerprint density at radius 1 is 0.903 bits per heavy atom. The van der Waals surface area contributed by atoms with Gasteiger partial charge in [-0.15, -0.1) is 0 Å². The molecule has 0 fully saturated rings. The summed E-state index contributed by atoms with van der Waals surface area (Å²) in [6.45, 7) is 6.46. The summed E-state index contributed by atoms with van der Waals surface area (Å²) in [7, 11) is -10.7. The van der Waals surface area contributed by atoms with Gasteiger partial charge in [0.25, 0.3) is 0 Å². The van der Waals surface area contributed by atoms with E-state index in [-0.39, 0.29) is 12.6 Å². The van der Waals surface area contributed by atoms with Crippen molar-refractivity contribution in [1.29, 1.82) is 0 Å². The molecule has 0 unspecified atom stereocenters. The van der Waals surface area contributed by atoms with Gasteiger partial charge in [-0.25, -0.2) is 4.90 Å². The Morgan fingerprint density at radius 2 is 1.42 bits per heavy atom. The maximum atomic E-state index is 9.92. The van der Waals surface area contributed by atoms with Crippen molar-refractivity contribution in [2.24, 2.45) is 0 Å². The summed E-state index contributed by atoms with van der Waals surface area (Å²) in [6.07, 6.45) is 4.27. The van der Waals surface area contributed by atoms with Crippen LogP contribution >= 0.6 is 7.81 Å². The predicted molar refractivity (Wildman–Crippen MR) is 114 cm³/mol. The van der Waals surface area contributed by atoms with E-state index in [4.69, 9.17) is 0 Å². The van der Waals surface area contributed by atoms with Crippen molar-refractivity contribution < 1.29 is 34.9 Å². The molecule has 0 saturated carbocycles. The Balaban J connectivity index is 0.000000423. The van der Waals surface area contributed by atoms with Gasteiger partial charge in [0.2, 0.25) is 6.34 Å². The molecule has 1 heterocycles. The van der Waals surface area contributed by atoms with Crippen LogP contribution in [0.2, 0.25) is 0 Å². The SMILES string of the molecule is CCc1cccc(CC)c1N1C=[N+]([C@@H](CO)c2ccccc2)CC1.F[P-](F)(F)(F)(F)F. The molecule has 174 valence electrons. The molecule has 1 aliphatic rings. The number of para-hydroxylation sites is 1. The van der Waals surface area contributed by atoms with Gasteiger partial charge in [0.15, 0.2) is 0 Å². The third kappa shape index (κ3) is 8.50. The van der Waals surface area contributed by atoms with E-state index < -0.39 is 7.81 Å². The summed E-state index contributed by atoms with van der Waals surface area (Å²) in [5, 5.41) is 9.92. The van der Waals surface area contributed by atoms with Crippen LogP contribution in [0, 0.1) is 0 Å².